The van der Waals surface area contributed by atoms with E-state index < -0.39 is 5.60 Å². The van der Waals surface area contributed by atoms with E-state index in [4.69, 9.17) is 0 Å². The summed E-state index contributed by atoms with van der Waals surface area (Å²) in [7, 11) is 0. The van der Waals surface area contributed by atoms with Gasteiger partial charge >= 0.3 is 0 Å². The lowest BCUT2D eigenvalue weighted by atomic mass is 9.99. The first kappa shape index (κ1) is 11.0. The van der Waals surface area contributed by atoms with E-state index >= 15 is 0 Å². The van der Waals surface area contributed by atoms with Gasteiger partial charge in [-0.05, 0) is 53.5 Å². The number of hydrogen-bond donors (Lipinski definition) is 1. The van der Waals surface area contributed by atoms with Crippen LogP contribution in [0, 0.1) is 0 Å². The summed E-state index contributed by atoms with van der Waals surface area (Å²) < 4.78 is 0. The minimum absolute atomic E-state index is 0.512. The molecule has 1 fully saturated rings. The van der Waals surface area contributed by atoms with Crippen molar-refractivity contribution in [3.05, 3.63) is 0 Å². The zero-order chi connectivity index (χ0) is 10.1. The molecule has 1 heterocycles. The number of aliphatic hydroxyl groups is 1. The fraction of sp³-hybridized carbons (Fsp3) is 1.00. The molecule has 13 heavy (non-hydrogen) atoms. The molecule has 0 amide bonds. The average Bonchev–Trinajstić information content (AvgIpc) is 2.30. The second-order valence-corrected chi connectivity index (χ2v) is 5.09. The monoisotopic (exact) mass is 185 g/mol. The van der Waals surface area contributed by atoms with Crippen LogP contribution in [0.4, 0.5) is 0 Å². The van der Waals surface area contributed by atoms with Crippen LogP contribution < -0.4 is 0 Å². The highest BCUT2D eigenvalue weighted by molar-refractivity contribution is 4.83. The van der Waals surface area contributed by atoms with Gasteiger partial charge in [0.05, 0.1) is 5.60 Å². The molecule has 0 aliphatic carbocycles. The normalized spacial score (nSPS) is 27.9. The summed E-state index contributed by atoms with van der Waals surface area (Å²) in [5.74, 6) is 0. The minimum Gasteiger partial charge on any atom is -0.390 e. The molecule has 1 saturated heterocycles. The van der Waals surface area contributed by atoms with Gasteiger partial charge in [-0.15, -0.1) is 0 Å². The third kappa shape index (κ3) is 3.28. The molecule has 0 radical (unpaired) electrons. The predicted molar refractivity (Wildman–Crippen MR) is 55.8 cm³/mol. The molecule has 1 rings (SSSR count). The largest absolute Gasteiger partial charge is 0.390 e. The van der Waals surface area contributed by atoms with Crippen LogP contribution in [0.5, 0.6) is 0 Å². The van der Waals surface area contributed by atoms with Gasteiger partial charge in [-0.25, -0.2) is 0 Å². The fourth-order valence-electron chi connectivity index (χ4n) is 2.45. The molecular formula is C11H23NO. The van der Waals surface area contributed by atoms with E-state index in [9.17, 15) is 5.11 Å². The van der Waals surface area contributed by atoms with Gasteiger partial charge in [-0.1, -0.05) is 0 Å². The maximum atomic E-state index is 9.71. The van der Waals surface area contributed by atoms with Crippen LogP contribution >= 0.6 is 0 Å². The molecule has 78 valence electrons. The number of rotatable bonds is 3. The van der Waals surface area contributed by atoms with Gasteiger partial charge in [-0.2, -0.15) is 0 Å². The molecule has 1 aliphatic rings. The highest BCUT2D eigenvalue weighted by Gasteiger charge is 2.28. The van der Waals surface area contributed by atoms with E-state index in [0.29, 0.717) is 12.1 Å². The molecule has 2 atom stereocenters. The van der Waals surface area contributed by atoms with E-state index in [2.05, 4.69) is 18.7 Å². The molecule has 1 N–H and O–H groups in total. The van der Waals surface area contributed by atoms with Crippen LogP contribution in [0.1, 0.15) is 47.0 Å². The van der Waals surface area contributed by atoms with Gasteiger partial charge in [0.2, 0.25) is 0 Å². The van der Waals surface area contributed by atoms with Crippen LogP contribution in [0.25, 0.3) is 0 Å². The van der Waals surface area contributed by atoms with Crippen LogP contribution in [0.15, 0.2) is 0 Å². The SMILES string of the molecule is CC1CCCN1C(C)CC(C)(C)O. The van der Waals surface area contributed by atoms with Crippen molar-refractivity contribution in [3.8, 4) is 0 Å². The first-order valence-corrected chi connectivity index (χ1v) is 5.38. The molecule has 2 unspecified atom stereocenters. The number of nitrogens with zero attached hydrogens (tertiary/aromatic N) is 1. The minimum atomic E-state index is -0.526. The average molecular weight is 185 g/mol. The Labute approximate surface area is 81.9 Å². The third-order valence-electron chi connectivity index (χ3n) is 2.97. The summed E-state index contributed by atoms with van der Waals surface area (Å²) >= 11 is 0. The summed E-state index contributed by atoms with van der Waals surface area (Å²) in [6.45, 7) is 9.50. The summed E-state index contributed by atoms with van der Waals surface area (Å²) in [6.07, 6.45) is 3.50. The third-order valence-corrected chi connectivity index (χ3v) is 2.97. The van der Waals surface area contributed by atoms with Crippen molar-refractivity contribution < 1.29 is 5.11 Å². The summed E-state index contributed by atoms with van der Waals surface area (Å²) in [5.41, 5.74) is -0.526. The van der Waals surface area contributed by atoms with Gasteiger partial charge in [-0.3, -0.25) is 4.90 Å². The van der Waals surface area contributed by atoms with Crippen molar-refractivity contribution in [2.75, 3.05) is 6.54 Å². The molecular weight excluding hydrogens is 162 g/mol. The molecule has 0 aromatic carbocycles. The van der Waals surface area contributed by atoms with Gasteiger partial charge in [0.15, 0.2) is 0 Å². The van der Waals surface area contributed by atoms with Crippen LogP contribution in [0.3, 0.4) is 0 Å². The van der Waals surface area contributed by atoms with E-state index in [0.717, 1.165) is 6.42 Å². The summed E-state index contributed by atoms with van der Waals surface area (Å²) in [6, 6.07) is 1.22. The Morgan fingerprint density at radius 3 is 2.54 bits per heavy atom. The molecule has 0 spiro atoms. The zero-order valence-corrected chi connectivity index (χ0v) is 9.38. The molecule has 0 bridgehead atoms. The first-order valence-electron chi connectivity index (χ1n) is 5.38. The van der Waals surface area contributed by atoms with E-state index in [1.165, 1.54) is 19.4 Å². The topological polar surface area (TPSA) is 23.5 Å². The zero-order valence-electron chi connectivity index (χ0n) is 9.38. The smallest absolute Gasteiger partial charge is 0.0606 e. The Bertz CT molecular complexity index is 162. The van der Waals surface area contributed by atoms with Crippen LogP contribution in [-0.2, 0) is 0 Å². The van der Waals surface area contributed by atoms with Crippen molar-refractivity contribution in [1.82, 2.24) is 4.90 Å². The van der Waals surface area contributed by atoms with Gasteiger partial charge in [0.1, 0.15) is 0 Å². The second-order valence-electron chi connectivity index (χ2n) is 5.09. The molecule has 2 heteroatoms. The molecule has 0 aromatic heterocycles. The maximum absolute atomic E-state index is 9.71. The lowest BCUT2D eigenvalue weighted by molar-refractivity contribution is 0.0360. The van der Waals surface area contributed by atoms with Crippen molar-refractivity contribution in [1.29, 1.82) is 0 Å². The Morgan fingerprint density at radius 2 is 2.15 bits per heavy atom. The fourth-order valence-corrected chi connectivity index (χ4v) is 2.45. The maximum Gasteiger partial charge on any atom is 0.0606 e. The Hall–Kier alpha value is -0.0800. The van der Waals surface area contributed by atoms with Crippen molar-refractivity contribution >= 4 is 0 Å². The molecule has 0 aromatic rings. The standard InChI is InChI=1S/C11H23NO/c1-9-6-5-7-12(9)10(2)8-11(3,4)13/h9-10,13H,5-8H2,1-4H3. The van der Waals surface area contributed by atoms with Gasteiger partial charge in [0, 0.05) is 12.1 Å². The lowest BCUT2D eigenvalue weighted by Crippen LogP contribution is -2.40. The predicted octanol–water partition coefficient (Wildman–Crippen LogP) is 2.02. The summed E-state index contributed by atoms with van der Waals surface area (Å²) in [5, 5.41) is 9.71. The molecule has 2 nitrogen and oxygen atoms in total. The highest BCUT2D eigenvalue weighted by Crippen LogP contribution is 2.23. The van der Waals surface area contributed by atoms with Crippen molar-refractivity contribution in [2.45, 2.75) is 64.6 Å². The van der Waals surface area contributed by atoms with Gasteiger partial charge in [0.25, 0.3) is 0 Å². The second kappa shape index (κ2) is 3.97. The Morgan fingerprint density at radius 1 is 1.54 bits per heavy atom. The Kier molecular flexibility index (Phi) is 3.36. The number of likely N-dealkylation sites (tertiary alicyclic amines) is 1. The van der Waals surface area contributed by atoms with Crippen molar-refractivity contribution in [2.24, 2.45) is 0 Å². The lowest BCUT2D eigenvalue weighted by Gasteiger charge is -2.32. The quantitative estimate of drug-likeness (QED) is 0.727. The Balaban J connectivity index is 2.43. The van der Waals surface area contributed by atoms with E-state index in [1.54, 1.807) is 0 Å². The summed E-state index contributed by atoms with van der Waals surface area (Å²) in [4.78, 5) is 2.51. The number of hydrogen-bond acceptors (Lipinski definition) is 2. The van der Waals surface area contributed by atoms with Crippen LogP contribution in [0.2, 0.25) is 0 Å². The van der Waals surface area contributed by atoms with Gasteiger partial charge < -0.3 is 5.11 Å². The van der Waals surface area contributed by atoms with Crippen LogP contribution in [-0.4, -0.2) is 34.2 Å². The molecule has 0 saturated carbocycles. The first-order chi connectivity index (χ1) is 5.90. The molecule has 1 aliphatic heterocycles. The van der Waals surface area contributed by atoms with Crippen molar-refractivity contribution in [3.63, 3.8) is 0 Å². The van der Waals surface area contributed by atoms with E-state index in [-0.39, 0.29) is 0 Å². The highest BCUT2D eigenvalue weighted by atomic mass is 16.3. The van der Waals surface area contributed by atoms with E-state index in [1.807, 2.05) is 13.8 Å².